The Labute approximate surface area is 117 Å². The highest BCUT2D eigenvalue weighted by Crippen LogP contribution is 2.16. The van der Waals surface area contributed by atoms with Gasteiger partial charge in [0.15, 0.2) is 23.3 Å². The molecule has 2 aromatic carbocycles. The average Bonchev–Trinajstić information content (AvgIpc) is 2.44. The monoisotopic (exact) mass is 301 g/mol. The summed E-state index contributed by atoms with van der Waals surface area (Å²) in [6, 6.07) is 1.51. The number of hydrogen-bond donors (Lipinski definition) is 0. The molecule has 109 valence electrons. The molecule has 0 atom stereocenters. The fraction of sp³-hybridized carbons (Fsp3) is 0.143. The molecule has 0 unspecified atom stereocenters. The van der Waals surface area contributed by atoms with Gasteiger partial charge in [-0.2, -0.15) is 0 Å². The van der Waals surface area contributed by atoms with Crippen molar-refractivity contribution in [2.45, 2.75) is 13.8 Å². The molecular weight excluding hydrogens is 293 g/mol. The molecule has 0 saturated carbocycles. The number of benzene rings is 2. The predicted molar refractivity (Wildman–Crippen MR) is 67.1 cm³/mol. The zero-order valence-electron chi connectivity index (χ0n) is 11.0. The van der Waals surface area contributed by atoms with Crippen molar-refractivity contribution in [3.05, 3.63) is 58.2 Å². The molecule has 0 aliphatic carbocycles. The van der Waals surface area contributed by atoms with E-state index in [2.05, 4.69) is 0 Å². The number of hydrogen-bond acceptors (Lipinski definition) is 0. The summed E-state index contributed by atoms with van der Waals surface area (Å²) in [6.07, 6.45) is 0. The van der Waals surface area contributed by atoms with Crippen molar-refractivity contribution < 1.29 is 26.3 Å². The van der Waals surface area contributed by atoms with Gasteiger partial charge < -0.3 is 0 Å². The third kappa shape index (κ3) is 2.64. The van der Waals surface area contributed by atoms with E-state index in [1.54, 1.807) is 0 Å². The third-order valence-electron chi connectivity index (χ3n) is 3.09. The molecule has 2 rings (SSSR count). The second-order valence-corrected chi connectivity index (χ2v) is 4.56. The number of aryl methyl sites for hydroxylation is 1. The summed E-state index contributed by atoms with van der Waals surface area (Å²) in [5.74, 6) is -8.32. The maximum absolute atomic E-state index is 13.7. The van der Waals surface area contributed by atoms with Gasteiger partial charge in [-0.3, -0.25) is 0 Å². The Balaban J connectivity index is 2.58. The van der Waals surface area contributed by atoms with Crippen molar-refractivity contribution in [3.63, 3.8) is 0 Å². The van der Waals surface area contributed by atoms with E-state index in [0.29, 0.717) is 13.3 Å². The van der Waals surface area contributed by atoms with Crippen molar-refractivity contribution >= 4 is 18.2 Å². The minimum Gasteiger partial charge on any atom is -0.208 e. The molecule has 0 heterocycles. The third-order valence-corrected chi connectivity index (χ3v) is 3.09. The molecule has 0 aliphatic rings. The molecule has 2 aromatic rings. The lowest BCUT2D eigenvalue weighted by Gasteiger charge is -2.10. The smallest absolute Gasteiger partial charge is 0.203 e. The highest BCUT2D eigenvalue weighted by atomic mass is 19.2. The highest BCUT2D eigenvalue weighted by molar-refractivity contribution is 6.67. The van der Waals surface area contributed by atoms with Crippen LogP contribution in [0.3, 0.4) is 0 Å². The van der Waals surface area contributed by atoms with Gasteiger partial charge in [-0.15, -0.1) is 0 Å². The van der Waals surface area contributed by atoms with E-state index < -0.39 is 45.9 Å². The predicted octanol–water partition coefficient (Wildman–Crippen LogP) is 2.79. The molecule has 21 heavy (non-hydrogen) atoms. The van der Waals surface area contributed by atoms with Crippen molar-refractivity contribution in [2.75, 3.05) is 0 Å². The zero-order valence-corrected chi connectivity index (χ0v) is 11.0. The van der Waals surface area contributed by atoms with Crippen LogP contribution in [-0.4, -0.2) is 7.28 Å². The molecule has 0 saturated heterocycles. The van der Waals surface area contributed by atoms with Crippen LogP contribution in [-0.2, 0) is 0 Å². The van der Waals surface area contributed by atoms with Crippen LogP contribution < -0.4 is 10.9 Å². The molecule has 7 heteroatoms. The van der Waals surface area contributed by atoms with Gasteiger partial charge >= 0.3 is 0 Å². The van der Waals surface area contributed by atoms with Gasteiger partial charge in [-0.25, -0.2) is 26.3 Å². The Morgan fingerprint density at radius 3 is 1.76 bits per heavy atom. The molecule has 0 fully saturated rings. The molecule has 1 radical (unpaired) electrons. The maximum atomic E-state index is 13.7. The summed E-state index contributed by atoms with van der Waals surface area (Å²) in [5.41, 5.74) is -2.22. The van der Waals surface area contributed by atoms with Crippen molar-refractivity contribution in [1.29, 1.82) is 0 Å². The maximum Gasteiger partial charge on any atom is 0.203 e. The molecule has 0 bridgehead atoms. The summed E-state index contributed by atoms with van der Waals surface area (Å²) in [5, 5.41) is 0. The Morgan fingerprint density at radius 2 is 1.24 bits per heavy atom. The summed E-state index contributed by atoms with van der Waals surface area (Å²) in [7, 11) is 0.595. The lowest BCUT2D eigenvalue weighted by molar-refractivity contribution is 0.454. The van der Waals surface area contributed by atoms with E-state index in [1.807, 2.05) is 0 Å². The van der Waals surface area contributed by atoms with Crippen molar-refractivity contribution in [2.24, 2.45) is 0 Å². The Morgan fingerprint density at radius 1 is 0.714 bits per heavy atom. The van der Waals surface area contributed by atoms with Crippen LogP contribution in [0.5, 0.6) is 0 Å². The van der Waals surface area contributed by atoms with E-state index in [-0.39, 0.29) is 11.0 Å². The van der Waals surface area contributed by atoms with E-state index in [4.69, 9.17) is 0 Å². The summed E-state index contributed by atoms with van der Waals surface area (Å²) >= 11 is 0. The van der Waals surface area contributed by atoms with Crippen LogP contribution in [0, 0.1) is 48.8 Å². The van der Waals surface area contributed by atoms with E-state index >= 15 is 0 Å². The van der Waals surface area contributed by atoms with Gasteiger partial charge in [-0.05, 0) is 30.3 Å². The molecule has 0 nitrogen and oxygen atoms in total. The topological polar surface area (TPSA) is 0 Å². The lowest BCUT2D eigenvalue weighted by Crippen LogP contribution is -2.36. The Kier molecular flexibility index (Phi) is 4.03. The number of rotatable bonds is 2. The standard InChI is InChI=1S/C14H8BF6/c1-5-3-7(9(17)4-8(5)16)15-10-13(20)11(18)6(2)12(19)14(10)21/h3-4H,1-2H3. The van der Waals surface area contributed by atoms with Gasteiger partial charge in [0.05, 0.1) is 0 Å². The summed E-state index contributed by atoms with van der Waals surface area (Å²) in [6.45, 7) is 2.19. The van der Waals surface area contributed by atoms with Crippen LogP contribution in [0.4, 0.5) is 26.3 Å². The SMILES string of the molecule is Cc1cc([B]c2c(F)c(F)c(C)c(F)c2F)c(F)cc1F. The van der Waals surface area contributed by atoms with Gasteiger partial charge in [0.1, 0.15) is 11.6 Å². The first kappa shape index (κ1) is 15.5. The first-order valence-corrected chi connectivity index (χ1v) is 5.87. The first-order chi connectivity index (χ1) is 9.73. The van der Waals surface area contributed by atoms with E-state index in [9.17, 15) is 26.3 Å². The van der Waals surface area contributed by atoms with Gasteiger partial charge in [0.2, 0.25) is 7.28 Å². The molecular formula is C14H8BF6. The van der Waals surface area contributed by atoms with Crippen molar-refractivity contribution in [3.8, 4) is 0 Å². The fourth-order valence-electron chi connectivity index (χ4n) is 1.83. The molecule has 0 N–H and O–H groups in total. The van der Waals surface area contributed by atoms with Crippen LogP contribution >= 0.6 is 0 Å². The number of halogens is 6. The average molecular weight is 301 g/mol. The van der Waals surface area contributed by atoms with Crippen LogP contribution in [0.25, 0.3) is 0 Å². The van der Waals surface area contributed by atoms with Gasteiger partial charge in [0, 0.05) is 11.6 Å². The van der Waals surface area contributed by atoms with Crippen LogP contribution in [0.2, 0.25) is 0 Å². The van der Waals surface area contributed by atoms with E-state index in [1.165, 1.54) is 6.92 Å². The van der Waals surface area contributed by atoms with Gasteiger partial charge in [-0.1, -0.05) is 6.07 Å². The second kappa shape index (κ2) is 5.46. The zero-order chi connectivity index (χ0) is 15.9. The Bertz CT molecular complexity index is 697. The normalized spacial score (nSPS) is 10.9. The Hall–Kier alpha value is -1.92. The minimum atomic E-state index is -1.63. The molecule has 0 aliphatic heterocycles. The van der Waals surface area contributed by atoms with Crippen molar-refractivity contribution in [1.82, 2.24) is 0 Å². The fourth-order valence-corrected chi connectivity index (χ4v) is 1.83. The molecule has 0 amide bonds. The van der Waals surface area contributed by atoms with Crippen LogP contribution in [0.1, 0.15) is 11.1 Å². The molecule has 0 spiro atoms. The largest absolute Gasteiger partial charge is 0.208 e. The van der Waals surface area contributed by atoms with E-state index in [0.717, 1.165) is 13.0 Å². The lowest BCUT2D eigenvalue weighted by atomic mass is 9.62. The quantitative estimate of drug-likeness (QED) is 0.454. The summed E-state index contributed by atoms with van der Waals surface area (Å²) in [4.78, 5) is 0. The van der Waals surface area contributed by atoms with Gasteiger partial charge in [0.25, 0.3) is 0 Å². The van der Waals surface area contributed by atoms with Crippen LogP contribution in [0.15, 0.2) is 12.1 Å². The molecule has 0 aromatic heterocycles. The second-order valence-electron chi connectivity index (χ2n) is 4.56. The highest BCUT2D eigenvalue weighted by Gasteiger charge is 2.24. The minimum absolute atomic E-state index is 0.0246. The first-order valence-electron chi connectivity index (χ1n) is 5.87. The summed E-state index contributed by atoms with van der Waals surface area (Å²) < 4.78 is 80.9.